The van der Waals surface area contributed by atoms with E-state index in [4.69, 9.17) is 0 Å². The molecule has 0 unspecified atom stereocenters. The lowest BCUT2D eigenvalue weighted by Crippen LogP contribution is -2.30. The number of nitrogens with zero attached hydrogens (tertiary/aromatic N) is 1. The lowest BCUT2D eigenvalue weighted by molar-refractivity contribution is 0.460. The standard InChI is InChI=1S/C19H18BrNO2S/c1-13-2-8-16(9-3-13)24(22,23)21-11-10-17-18(12-21)19(17)14-4-6-15(20)7-5-14/h2-11,17-19H,12H2,1H3/t17-,18+,19+/m1/s1. The SMILES string of the molecule is Cc1ccc(S(=O)(=O)N2C=C[C@@H]3[C@H](C2)[C@H]3c2ccc(Br)cc2)cc1. The van der Waals surface area contributed by atoms with Gasteiger partial charge in [-0.3, -0.25) is 4.31 Å². The average molecular weight is 404 g/mol. The Hall–Kier alpha value is -1.59. The lowest BCUT2D eigenvalue weighted by Gasteiger charge is -2.23. The van der Waals surface area contributed by atoms with Crippen molar-refractivity contribution in [2.45, 2.75) is 17.7 Å². The molecular formula is C19H18BrNO2S. The largest absolute Gasteiger partial charge is 0.273 e. The normalized spacial score (nSPS) is 25.4. The number of benzene rings is 2. The number of rotatable bonds is 3. The number of hydrogen-bond donors (Lipinski definition) is 0. The molecule has 2 aromatic rings. The Kier molecular flexibility index (Phi) is 3.81. The Morgan fingerprint density at radius 2 is 1.71 bits per heavy atom. The summed E-state index contributed by atoms with van der Waals surface area (Å²) >= 11 is 3.46. The molecule has 1 heterocycles. The summed E-state index contributed by atoms with van der Waals surface area (Å²) in [6.45, 7) is 2.51. The first-order valence-electron chi connectivity index (χ1n) is 7.99. The third-order valence-corrected chi connectivity index (χ3v) is 7.26. The van der Waals surface area contributed by atoms with Crippen molar-refractivity contribution in [2.24, 2.45) is 11.8 Å². The van der Waals surface area contributed by atoms with Gasteiger partial charge in [-0.1, -0.05) is 51.8 Å². The predicted molar refractivity (Wildman–Crippen MR) is 98.1 cm³/mol. The molecule has 0 radical (unpaired) electrons. The second kappa shape index (κ2) is 5.74. The highest BCUT2D eigenvalue weighted by molar-refractivity contribution is 9.10. The highest BCUT2D eigenvalue weighted by Crippen LogP contribution is 2.57. The van der Waals surface area contributed by atoms with E-state index in [-0.39, 0.29) is 0 Å². The Morgan fingerprint density at radius 1 is 1.04 bits per heavy atom. The van der Waals surface area contributed by atoms with Crippen LogP contribution in [-0.2, 0) is 10.0 Å². The summed E-state index contributed by atoms with van der Waals surface area (Å²) in [6, 6.07) is 15.4. The lowest BCUT2D eigenvalue weighted by atomic mass is 10.1. The average Bonchev–Trinajstić information content (AvgIpc) is 3.29. The first kappa shape index (κ1) is 15.9. The van der Waals surface area contributed by atoms with Crippen molar-refractivity contribution in [1.29, 1.82) is 0 Å². The summed E-state index contributed by atoms with van der Waals surface area (Å²) in [5.41, 5.74) is 2.34. The van der Waals surface area contributed by atoms with E-state index in [0.717, 1.165) is 10.0 Å². The predicted octanol–water partition coefficient (Wildman–Crippen LogP) is 4.31. The number of aryl methyl sites for hydroxylation is 1. The van der Waals surface area contributed by atoms with Crippen LogP contribution in [-0.4, -0.2) is 19.3 Å². The van der Waals surface area contributed by atoms with Gasteiger partial charge in [-0.05, 0) is 54.5 Å². The van der Waals surface area contributed by atoms with Crippen molar-refractivity contribution in [3.63, 3.8) is 0 Å². The van der Waals surface area contributed by atoms with Crippen LogP contribution in [0, 0.1) is 18.8 Å². The molecule has 124 valence electrons. The number of allylic oxidation sites excluding steroid dienone is 1. The first-order chi connectivity index (χ1) is 11.5. The molecule has 1 aliphatic carbocycles. The fraction of sp³-hybridized carbons (Fsp3) is 0.263. The monoisotopic (exact) mass is 403 g/mol. The van der Waals surface area contributed by atoms with E-state index in [1.54, 1.807) is 18.3 Å². The molecule has 1 saturated carbocycles. The van der Waals surface area contributed by atoms with Crippen LogP contribution in [0.1, 0.15) is 17.0 Å². The molecule has 1 fully saturated rings. The third kappa shape index (κ3) is 2.70. The Morgan fingerprint density at radius 3 is 2.38 bits per heavy atom. The molecule has 4 rings (SSSR count). The van der Waals surface area contributed by atoms with Gasteiger partial charge in [0.2, 0.25) is 0 Å². The van der Waals surface area contributed by atoms with Gasteiger partial charge >= 0.3 is 0 Å². The zero-order valence-electron chi connectivity index (χ0n) is 13.3. The smallest absolute Gasteiger partial charge is 0.263 e. The summed E-state index contributed by atoms with van der Waals surface area (Å²) in [5, 5.41) is 0. The third-order valence-electron chi connectivity index (χ3n) is 4.98. The van der Waals surface area contributed by atoms with E-state index >= 15 is 0 Å². The van der Waals surface area contributed by atoms with Crippen LogP contribution in [0.3, 0.4) is 0 Å². The second-order valence-electron chi connectivity index (χ2n) is 6.55. The maximum Gasteiger partial charge on any atom is 0.263 e. The van der Waals surface area contributed by atoms with E-state index in [2.05, 4.69) is 28.1 Å². The van der Waals surface area contributed by atoms with Gasteiger partial charge in [-0.15, -0.1) is 0 Å². The second-order valence-corrected chi connectivity index (χ2v) is 9.35. The van der Waals surface area contributed by atoms with Crippen LogP contribution in [0.15, 0.2) is 70.2 Å². The van der Waals surface area contributed by atoms with Gasteiger partial charge in [0, 0.05) is 17.2 Å². The Balaban J connectivity index is 1.55. The van der Waals surface area contributed by atoms with Crippen LogP contribution in [0.5, 0.6) is 0 Å². The van der Waals surface area contributed by atoms with E-state index in [0.29, 0.717) is 29.2 Å². The molecule has 3 nitrogen and oxygen atoms in total. The number of fused-ring (bicyclic) bond motifs is 1. The topological polar surface area (TPSA) is 37.4 Å². The molecule has 24 heavy (non-hydrogen) atoms. The first-order valence-corrected chi connectivity index (χ1v) is 10.2. The van der Waals surface area contributed by atoms with Gasteiger partial charge in [-0.25, -0.2) is 8.42 Å². The van der Waals surface area contributed by atoms with Crippen molar-refractivity contribution in [3.05, 3.63) is 76.4 Å². The van der Waals surface area contributed by atoms with Gasteiger partial charge in [0.25, 0.3) is 10.0 Å². The van der Waals surface area contributed by atoms with Gasteiger partial charge in [0.15, 0.2) is 0 Å². The molecule has 0 bridgehead atoms. The van der Waals surface area contributed by atoms with E-state index < -0.39 is 10.0 Å². The van der Waals surface area contributed by atoms with Crippen molar-refractivity contribution in [2.75, 3.05) is 6.54 Å². The number of halogens is 1. The van der Waals surface area contributed by atoms with E-state index in [9.17, 15) is 8.42 Å². The van der Waals surface area contributed by atoms with Crippen LogP contribution in [0.25, 0.3) is 0 Å². The Bertz CT molecular complexity index is 888. The zero-order valence-corrected chi connectivity index (χ0v) is 15.7. The molecule has 1 aliphatic heterocycles. The minimum absolute atomic E-state index is 0.358. The zero-order chi connectivity index (χ0) is 16.9. The minimum Gasteiger partial charge on any atom is -0.273 e. The molecule has 0 aromatic heterocycles. The number of hydrogen-bond acceptors (Lipinski definition) is 2. The summed E-state index contributed by atoms with van der Waals surface area (Å²) in [7, 11) is -3.46. The van der Waals surface area contributed by atoms with Crippen molar-refractivity contribution in [1.82, 2.24) is 4.31 Å². The Labute approximate surface area is 151 Å². The summed E-state index contributed by atoms with van der Waals surface area (Å²) < 4.78 is 28.2. The highest BCUT2D eigenvalue weighted by Gasteiger charge is 2.52. The van der Waals surface area contributed by atoms with E-state index in [1.165, 1.54) is 9.87 Å². The molecule has 0 N–H and O–H groups in total. The van der Waals surface area contributed by atoms with Crippen molar-refractivity contribution < 1.29 is 8.42 Å². The maximum atomic E-state index is 12.8. The van der Waals surface area contributed by atoms with Crippen LogP contribution < -0.4 is 0 Å². The summed E-state index contributed by atoms with van der Waals surface area (Å²) in [4.78, 5) is 0.358. The molecule has 0 saturated heterocycles. The molecule has 2 aliphatic rings. The van der Waals surface area contributed by atoms with Crippen LogP contribution >= 0.6 is 15.9 Å². The molecule has 0 spiro atoms. The van der Waals surface area contributed by atoms with Gasteiger partial charge < -0.3 is 0 Å². The molecule has 2 aromatic carbocycles. The molecule has 5 heteroatoms. The fourth-order valence-electron chi connectivity index (χ4n) is 3.54. The highest BCUT2D eigenvalue weighted by atomic mass is 79.9. The maximum absolute atomic E-state index is 12.8. The van der Waals surface area contributed by atoms with Crippen LogP contribution in [0.2, 0.25) is 0 Å². The quantitative estimate of drug-likeness (QED) is 0.765. The van der Waals surface area contributed by atoms with Gasteiger partial charge in [-0.2, -0.15) is 0 Å². The summed E-state index contributed by atoms with van der Waals surface area (Å²) in [5.74, 6) is 1.25. The number of sulfonamides is 1. The molecule has 3 atom stereocenters. The van der Waals surface area contributed by atoms with Gasteiger partial charge in [0.05, 0.1) is 4.90 Å². The van der Waals surface area contributed by atoms with Crippen molar-refractivity contribution in [3.8, 4) is 0 Å². The van der Waals surface area contributed by atoms with E-state index in [1.807, 2.05) is 37.3 Å². The molecule has 0 amide bonds. The van der Waals surface area contributed by atoms with Gasteiger partial charge in [0.1, 0.15) is 0 Å². The summed E-state index contributed by atoms with van der Waals surface area (Å²) in [6.07, 6.45) is 3.79. The van der Waals surface area contributed by atoms with Crippen LogP contribution in [0.4, 0.5) is 0 Å². The fourth-order valence-corrected chi connectivity index (χ4v) is 5.15. The van der Waals surface area contributed by atoms with Crippen molar-refractivity contribution >= 4 is 26.0 Å². The molecular weight excluding hydrogens is 386 g/mol. The minimum atomic E-state index is -3.46.